The van der Waals surface area contributed by atoms with Crippen molar-refractivity contribution in [2.45, 2.75) is 13.8 Å². The maximum absolute atomic E-state index is 5.42. The van der Waals surface area contributed by atoms with E-state index in [1.54, 1.807) is 6.07 Å². The van der Waals surface area contributed by atoms with Gasteiger partial charge < -0.3 is 10.5 Å². The van der Waals surface area contributed by atoms with Crippen molar-refractivity contribution in [1.82, 2.24) is 24.7 Å². The average Bonchev–Trinajstić information content (AvgIpc) is 2.64. The molecule has 0 amide bonds. The summed E-state index contributed by atoms with van der Waals surface area (Å²) in [5, 5.41) is 3.93. The van der Waals surface area contributed by atoms with Crippen molar-refractivity contribution in [3.05, 3.63) is 18.1 Å². The minimum atomic E-state index is 0.183. The molecular weight excluding hydrogens is 208 g/mol. The van der Waals surface area contributed by atoms with E-state index in [2.05, 4.69) is 20.1 Å². The normalized spacial score (nSPS) is 10.4. The summed E-state index contributed by atoms with van der Waals surface area (Å²) in [5.74, 6) is 1.09. The third-order valence-corrected chi connectivity index (χ3v) is 1.83. The highest BCUT2D eigenvalue weighted by molar-refractivity contribution is 5.23. The zero-order valence-electron chi connectivity index (χ0n) is 9.08. The lowest BCUT2D eigenvalue weighted by atomic mass is 10.4. The van der Waals surface area contributed by atoms with E-state index in [9.17, 15) is 0 Å². The van der Waals surface area contributed by atoms with Gasteiger partial charge in [-0.3, -0.25) is 0 Å². The van der Waals surface area contributed by atoms with Crippen molar-refractivity contribution in [2.24, 2.45) is 0 Å². The molecule has 0 aliphatic heterocycles. The third kappa shape index (κ3) is 2.08. The topological polar surface area (TPSA) is 91.7 Å². The van der Waals surface area contributed by atoms with Crippen LogP contribution >= 0.6 is 0 Å². The van der Waals surface area contributed by atoms with Crippen molar-refractivity contribution in [1.29, 1.82) is 0 Å². The van der Waals surface area contributed by atoms with Gasteiger partial charge in [-0.2, -0.15) is 9.67 Å². The second-order valence-electron chi connectivity index (χ2n) is 3.13. The van der Waals surface area contributed by atoms with Crippen LogP contribution in [-0.2, 0) is 0 Å². The van der Waals surface area contributed by atoms with Crippen molar-refractivity contribution in [3.63, 3.8) is 0 Å². The van der Waals surface area contributed by atoms with Gasteiger partial charge in [0.25, 0.3) is 5.95 Å². The van der Waals surface area contributed by atoms with Crippen LogP contribution < -0.4 is 10.5 Å². The standard InChI is InChI=1S/C9H12N6O/c1-3-16-7-4-6(2)12-9(13-7)15-5-11-8(10)14-15/h4-5H,3H2,1-2H3,(H2,10,14). The van der Waals surface area contributed by atoms with E-state index in [0.717, 1.165) is 5.69 Å². The molecule has 16 heavy (non-hydrogen) atoms. The maximum Gasteiger partial charge on any atom is 0.255 e. The molecule has 2 heterocycles. The van der Waals surface area contributed by atoms with Crippen LogP contribution in [0.1, 0.15) is 12.6 Å². The molecule has 2 aromatic rings. The fourth-order valence-electron chi connectivity index (χ4n) is 1.22. The Bertz CT molecular complexity index is 494. The Kier molecular flexibility index (Phi) is 2.67. The van der Waals surface area contributed by atoms with Crippen LogP contribution in [0.25, 0.3) is 5.95 Å². The summed E-state index contributed by atoms with van der Waals surface area (Å²) < 4.78 is 6.72. The summed E-state index contributed by atoms with van der Waals surface area (Å²) in [6.45, 7) is 4.30. The second-order valence-corrected chi connectivity index (χ2v) is 3.13. The third-order valence-electron chi connectivity index (χ3n) is 1.83. The van der Waals surface area contributed by atoms with Gasteiger partial charge in [0.15, 0.2) is 0 Å². The Morgan fingerprint density at radius 3 is 2.88 bits per heavy atom. The Morgan fingerprint density at radius 1 is 1.44 bits per heavy atom. The fraction of sp³-hybridized carbons (Fsp3) is 0.333. The number of nitrogens with two attached hydrogens (primary N) is 1. The van der Waals surface area contributed by atoms with E-state index in [-0.39, 0.29) is 5.95 Å². The maximum atomic E-state index is 5.42. The zero-order chi connectivity index (χ0) is 11.5. The summed E-state index contributed by atoms with van der Waals surface area (Å²) in [5.41, 5.74) is 6.21. The molecule has 7 nitrogen and oxygen atoms in total. The van der Waals surface area contributed by atoms with E-state index in [0.29, 0.717) is 18.4 Å². The van der Waals surface area contributed by atoms with E-state index in [1.165, 1.54) is 11.0 Å². The zero-order valence-corrected chi connectivity index (χ0v) is 9.08. The number of aromatic nitrogens is 5. The number of nitrogen functional groups attached to an aromatic ring is 1. The number of aryl methyl sites for hydroxylation is 1. The minimum absolute atomic E-state index is 0.183. The number of ether oxygens (including phenoxy) is 1. The van der Waals surface area contributed by atoms with Crippen molar-refractivity contribution in [2.75, 3.05) is 12.3 Å². The lowest BCUT2D eigenvalue weighted by Crippen LogP contribution is -2.06. The van der Waals surface area contributed by atoms with Crippen LogP contribution in [0, 0.1) is 6.92 Å². The first-order valence-corrected chi connectivity index (χ1v) is 4.85. The van der Waals surface area contributed by atoms with Gasteiger partial charge in [-0.1, -0.05) is 0 Å². The number of anilines is 1. The van der Waals surface area contributed by atoms with Gasteiger partial charge in [-0.05, 0) is 13.8 Å². The van der Waals surface area contributed by atoms with Gasteiger partial charge in [0.05, 0.1) is 6.61 Å². The highest BCUT2D eigenvalue weighted by Gasteiger charge is 2.06. The predicted octanol–water partition coefficient (Wildman–Crippen LogP) is 0.347. The van der Waals surface area contributed by atoms with Gasteiger partial charge in [0.1, 0.15) is 6.33 Å². The lowest BCUT2D eigenvalue weighted by Gasteiger charge is -2.05. The van der Waals surface area contributed by atoms with E-state index >= 15 is 0 Å². The first-order chi connectivity index (χ1) is 7.69. The molecule has 2 rings (SSSR count). The van der Waals surface area contributed by atoms with Crippen molar-refractivity contribution >= 4 is 5.95 Å². The average molecular weight is 220 g/mol. The molecule has 2 N–H and O–H groups in total. The first kappa shape index (κ1) is 10.3. The molecule has 0 saturated carbocycles. The van der Waals surface area contributed by atoms with Crippen LogP contribution in [0.2, 0.25) is 0 Å². The van der Waals surface area contributed by atoms with Gasteiger partial charge >= 0.3 is 0 Å². The number of rotatable bonds is 3. The lowest BCUT2D eigenvalue weighted by molar-refractivity contribution is 0.325. The molecule has 0 bridgehead atoms. The molecule has 0 aromatic carbocycles. The monoisotopic (exact) mass is 220 g/mol. The summed E-state index contributed by atoms with van der Waals surface area (Å²) >= 11 is 0. The van der Waals surface area contributed by atoms with Crippen molar-refractivity contribution < 1.29 is 4.74 Å². The van der Waals surface area contributed by atoms with Crippen LogP contribution in [0.3, 0.4) is 0 Å². The fourth-order valence-corrected chi connectivity index (χ4v) is 1.22. The Morgan fingerprint density at radius 2 is 2.25 bits per heavy atom. The van der Waals surface area contributed by atoms with Crippen molar-refractivity contribution in [3.8, 4) is 11.8 Å². The van der Waals surface area contributed by atoms with E-state index < -0.39 is 0 Å². The molecule has 84 valence electrons. The molecule has 0 spiro atoms. The summed E-state index contributed by atoms with van der Waals surface area (Å²) in [6.07, 6.45) is 1.46. The molecule has 0 aliphatic carbocycles. The van der Waals surface area contributed by atoms with Crippen LogP contribution in [0.15, 0.2) is 12.4 Å². The largest absolute Gasteiger partial charge is 0.478 e. The predicted molar refractivity (Wildman–Crippen MR) is 57.3 cm³/mol. The molecule has 0 atom stereocenters. The van der Waals surface area contributed by atoms with E-state index in [1.807, 2.05) is 13.8 Å². The molecule has 7 heteroatoms. The number of hydrogen-bond acceptors (Lipinski definition) is 6. The minimum Gasteiger partial charge on any atom is -0.478 e. The van der Waals surface area contributed by atoms with E-state index in [4.69, 9.17) is 10.5 Å². The second kappa shape index (κ2) is 4.13. The molecular formula is C9H12N6O. The van der Waals surface area contributed by atoms with Gasteiger partial charge in [0.2, 0.25) is 11.8 Å². The SMILES string of the molecule is CCOc1cc(C)nc(-n2cnc(N)n2)n1. The Labute approximate surface area is 92.3 Å². The summed E-state index contributed by atoms with van der Waals surface area (Å²) in [4.78, 5) is 12.2. The molecule has 0 saturated heterocycles. The van der Waals surface area contributed by atoms with Crippen LogP contribution in [0.4, 0.5) is 5.95 Å². The molecule has 0 fully saturated rings. The van der Waals surface area contributed by atoms with Crippen LogP contribution in [0.5, 0.6) is 5.88 Å². The molecule has 0 radical (unpaired) electrons. The van der Waals surface area contributed by atoms with Gasteiger partial charge in [-0.25, -0.2) is 9.97 Å². The quantitative estimate of drug-likeness (QED) is 0.802. The Hall–Kier alpha value is -2.18. The molecule has 0 aliphatic rings. The first-order valence-electron chi connectivity index (χ1n) is 4.85. The number of hydrogen-bond donors (Lipinski definition) is 1. The number of nitrogens with zero attached hydrogens (tertiary/aromatic N) is 5. The van der Waals surface area contributed by atoms with Gasteiger partial charge in [-0.15, -0.1) is 5.10 Å². The Balaban J connectivity index is 2.40. The smallest absolute Gasteiger partial charge is 0.255 e. The van der Waals surface area contributed by atoms with Gasteiger partial charge in [0, 0.05) is 11.8 Å². The summed E-state index contributed by atoms with van der Waals surface area (Å²) in [7, 11) is 0. The molecule has 0 unspecified atom stereocenters. The molecule has 2 aromatic heterocycles. The summed E-state index contributed by atoms with van der Waals surface area (Å²) in [6, 6.07) is 1.76. The highest BCUT2D eigenvalue weighted by atomic mass is 16.5. The van der Waals surface area contributed by atoms with Crippen LogP contribution in [-0.4, -0.2) is 31.3 Å². The highest BCUT2D eigenvalue weighted by Crippen LogP contribution is 2.11.